The summed E-state index contributed by atoms with van der Waals surface area (Å²) in [5, 5.41) is 2.90. The number of imide groups is 1. The van der Waals surface area contributed by atoms with E-state index >= 15 is 0 Å². The zero-order valence-corrected chi connectivity index (χ0v) is 16.8. The highest BCUT2D eigenvalue weighted by molar-refractivity contribution is 8.18. The van der Waals surface area contributed by atoms with Gasteiger partial charge < -0.3 is 10.2 Å². The highest BCUT2D eigenvalue weighted by Crippen LogP contribution is 2.32. The van der Waals surface area contributed by atoms with Gasteiger partial charge in [-0.2, -0.15) is 0 Å². The molecule has 0 bridgehead atoms. The van der Waals surface area contributed by atoms with Gasteiger partial charge in [-0.3, -0.25) is 14.5 Å². The zero-order chi connectivity index (χ0) is 19.6. The van der Waals surface area contributed by atoms with Crippen molar-refractivity contribution in [2.45, 2.75) is 13.8 Å². The first-order valence-electron chi connectivity index (χ1n) is 8.69. The normalized spacial score (nSPS) is 15.6. The first kappa shape index (κ1) is 19.0. The van der Waals surface area contributed by atoms with Crippen LogP contribution in [0.4, 0.5) is 16.2 Å². The van der Waals surface area contributed by atoms with Gasteiger partial charge in [0.25, 0.3) is 11.1 Å². The summed E-state index contributed by atoms with van der Waals surface area (Å²) in [4.78, 5) is 28.5. The number of aryl methyl sites for hydroxylation is 2. The van der Waals surface area contributed by atoms with Crippen molar-refractivity contribution in [2.75, 3.05) is 31.0 Å². The fourth-order valence-electron chi connectivity index (χ4n) is 2.68. The standard InChI is InChI=1S/C21H23N3O2S/c1-14-5-8-17(11-15(14)2)22-13-24-20(25)19(27-21(24)26)12-16-6-9-18(10-7-16)23(3)4/h5-12,22H,13H2,1-4H3/b19-12-. The molecule has 6 heteroatoms. The predicted octanol–water partition coefficient (Wildman–Crippen LogP) is 4.48. The molecule has 0 aromatic heterocycles. The average molecular weight is 382 g/mol. The summed E-state index contributed by atoms with van der Waals surface area (Å²) in [5.74, 6) is -0.266. The quantitative estimate of drug-likeness (QED) is 0.774. The SMILES string of the molecule is Cc1ccc(NCN2C(=O)S/C(=C\c3ccc(N(C)C)cc3)C2=O)cc1C. The van der Waals surface area contributed by atoms with Crippen LogP contribution in [0.5, 0.6) is 0 Å². The summed E-state index contributed by atoms with van der Waals surface area (Å²) < 4.78 is 0. The van der Waals surface area contributed by atoms with Crippen LogP contribution >= 0.6 is 11.8 Å². The van der Waals surface area contributed by atoms with Crippen LogP contribution in [0, 0.1) is 13.8 Å². The third kappa shape index (κ3) is 4.34. The molecule has 3 rings (SSSR count). The van der Waals surface area contributed by atoms with Crippen LogP contribution in [0.1, 0.15) is 16.7 Å². The Hall–Kier alpha value is -2.73. The number of nitrogens with zero attached hydrogens (tertiary/aromatic N) is 2. The predicted molar refractivity (Wildman–Crippen MR) is 113 cm³/mol. The summed E-state index contributed by atoms with van der Waals surface area (Å²) in [6, 6.07) is 13.8. The number of carbonyl (C=O) groups excluding carboxylic acids is 2. The van der Waals surface area contributed by atoms with E-state index in [1.165, 1.54) is 10.5 Å². The van der Waals surface area contributed by atoms with Gasteiger partial charge in [0.05, 0.1) is 11.6 Å². The number of nitrogens with one attached hydrogen (secondary N) is 1. The lowest BCUT2D eigenvalue weighted by molar-refractivity contribution is -0.122. The Morgan fingerprint density at radius 1 is 1.04 bits per heavy atom. The maximum Gasteiger partial charge on any atom is 0.295 e. The molecular formula is C21H23N3O2S. The average Bonchev–Trinajstić information content (AvgIpc) is 2.90. The van der Waals surface area contributed by atoms with E-state index in [0.29, 0.717) is 4.91 Å². The van der Waals surface area contributed by atoms with Gasteiger partial charge in [0, 0.05) is 25.5 Å². The van der Waals surface area contributed by atoms with Crippen LogP contribution in [0.15, 0.2) is 47.4 Å². The van der Waals surface area contributed by atoms with Gasteiger partial charge >= 0.3 is 0 Å². The third-order valence-corrected chi connectivity index (χ3v) is 5.44. The molecule has 1 fully saturated rings. The second-order valence-electron chi connectivity index (χ2n) is 6.73. The molecule has 1 aliphatic heterocycles. The molecule has 2 amide bonds. The van der Waals surface area contributed by atoms with Crippen LogP contribution < -0.4 is 10.2 Å². The monoisotopic (exact) mass is 381 g/mol. The van der Waals surface area contributed by atoms with E-state index in [2.05, 4.69) is 5.32 Å². The fraction of sp³-hybridized carbons (Fsp3) is 0.238. The van der Waals surface area contributed by atoms with Gasteiger partial charge in [0.1, 0.15) is 0 Å². The number of hydrogen-bond acceptors (Lipinski definition) is 5. The second-order valence-corrected chi connectivity index (χ2v) is 7.72. The Bertz CT molecular complexity index is 904. The molecule has 2 aromatic carbocycles. The molecule has 140 valence electrons. The Balaban J connectivity index is 1.69. The van der Waals surface area contributed by atoms with Gasteiger partial charge in [-0.15, -0.1) is 0 Å². The van der Waals surface area contributed by atoms with Crippen molar-refractivity contribution in [3.8, 4) is 0 Å². The zero-order valence-electron chi connectivity index (χ0n) is 15.9. The molecule has 0 aliphatic carbocycles. The van der Waals surface area contributed by atoms with Crippen molar-refractivity contribution < 1.29 is 9.59 Å². The molecule has 2 aromatic rings. The van der Waals surface area contributed by atoms with Crippen molar-refractivity contribution in [1.29, 1.82) is 0 Å². The summed E-state index contributed by atoms with van der Waals surface area (Å²) in [6.07, 6.45) is 1.76. The third-order valence-electron chi connectivity index (χ3n) is 4.53. The maximum atomic E-state index is 12.6. The van der Waals surface area contributed by atoms with Crippen molar-refractivity contribution in [3.63, 3.8) is 0 Å². The fourth-order valence-corrected chi connectivity index (χ4v) is 3.52. The number of carbonyl (C=O) groups is 2. The van der Waals surface area contributed by atoms with E-state index in [-0.39, 0.29) is 17.8 Å². The van der Waals surface area contributed by atoms with Gasteiger partial charge in [-0.1, -0.05) is 18.2 Å². The van der Waals surface area contributed by atoms with Crippen LogP contribution in [0.2, 0.25) is 0 Å². The van der Waals surface area contributed by atoms with E-state index < -0.39 is 0 Å². The minimum atomic E-state index is -0.266. The number of rotatable bonds is 5. The molecule has 0 saturated carbocycles. The molecule has 1 N–H and O–H groups in total. The van der Waals surface area contributed by atoms with Crippen LogP contribution in [0.25, 0.3) is 6.08 Å². The molecule has 27 heavy (non-hydrogen) atoms. The lowest BCUT2D eigenvalue weighted by Crippen LogP contribution is -2.33. The molecule has 0 radical (unpaired) electrons. The van der Waals surface area contributed by atoms with E-state index in [1.54, 1.807) is 6.08 Å². The van der Waals surface area contributed by atoms with Crippen LogP contribution in [-0.4, -0.2) is 36.8 Å². The number of anilines is 2. The molecule has 0 atom stereocenters. The van der Waals surface area contributed by atoms with Crippen LogP contribution in [-0.2, 0) is 4.79 Å². The second kappa shape index (κ2) is 7.88. The van der Waals surface area contributed by atoms with Gasteiger partial charge in [-0.05, 0) is 72.6 Å². The number of hydrogen-bond donors (Lipinski definition) is 1. The van der Waals surface area contributed by atoms with Crippen molar-refractivity contribution in [3.05, 3.63) is 64.1 Å². The first-order valence-corrected chi connectivity index (χ1v) is 9.50. The number of thioether (sulfide) groups is 1. The highest BCUT2D eigenvalue weighted by Gasteiger charge is 2.34. The topological polar surface area (TPSA) is 52.7 Å². The van der Waals surface area contributed by atoms with Crippen LogP contribution in [0.3, 0.4) is 0 Å². The van der Waals surface area contributed by atoms with Crippen molar-refractivity contribution >= 4 is 40.4 Å². The number of amides is 2. The Morgan fingerprint density at radius 2 is 1.74 bits per heavy atom. The lowest BCUT2D eigenvalue weighted by Gasteiger charge is -2.15. The van der Waals surface area contributed by atoms with Gasteiger partial charge in [0.15, 0.2) is 0 Å². The summed E-state index contributed by atoms with van der Waals surface area (Å²) in [6.45, 7) is 4.24. The first-order chi connectivity index (χ1) is 12.8. The van der Waals surface area contributed by atoms with Gasteiger partial charge in [-0.25, -0.2) is 0 Å². The number of benzene rings is 2. The van der Waals surface area contributed by atoms with E-state index in [1.807, 2.05) is 75.3 Å². The molecule has 1 heterocycles. The molecule has 0 unspecified atom stereocenters. The summed E-state index contributed by atoms with van der Waals surface area (Å²) in [7, 11) is 3.95. The molecule has 1 saturated heterocycles. The molecule has 5 nitrogen and oxygen atoms in total. The Morgan fingerprint density at radius 3 is 2.37 bits per heavy atom. The largest absolute Gasteiger partial charge is 0.378 e. The lowest BCUT2D eigenvalue weighted by atomic mass is 10.1. The van der Waals surface area contributed by atoms with Crippen molar-refractivity contribution in [2.24, 2.45) is 0 Å². The summed E-state index contributed by atoms with van der Waals surface area (Å²) >= 11 is 0.976. The molecule has 0 spiro atoms. The molecular weight excluding hydrogens is 358 g/mol. The Labute approximate surface area is 164 Å². The smallest absolute Gasteiger partial charge is 0.295 e. The molecule has 1 aliphatic rings. The van der Waals surface area contributed by atoms with E-state index in [9.17, 15) is 9.59 Å². The Kier molecular flexibility index (Phi) is 5.56. The highest BCUT2D eigenvalue weighted by atomic mass is 32.2. The van der Waals surface area contributed by atoms with Crippen molar-refractivity contribution in [1.82, 2.24) is 4.90 Å². The van der Waals surface area contributed by atoms with E-state index in [0.717, 1.165) is 34.3 Å². The minimum Gasteiger partial charge on any atom is -0.378 e. The van der Waals surface area contributed by atoms with Gasteiger partial charge in [0.2, 0.25) is 0 Å². The maximum absolute atomic E-state index is 12.6. The summed E-state index contributed by atoms with van der Waals surface area (Å²) in [5.41, 5.74) is 5.23. The minimum absolute atomic E-state index is 0.157. The van der Waals surface area contributed by atoms with E-state index in [4.69, 9.17) is 0 Å².